The molecule has 0 spiro atoms. The molecule has 0 aromatic carbocycles. The van der Waals surface area contributed by atoms with E-state index in [4.69, 9.17) is 4.74 Å². The minimum absolute atomic E-state index is 0.0777. The van der Waals surface area contributed by atoms with E-state index in [1.54, 1.807) is 0 Å². The summed E-state index contributed by atoms with van der Waals surface area (Å²) in [5.41, 5.74) is 0.524. The normalized spacial score (nSPS) is 46.2. The third kappa shape index (κ3) is 2.72. The Bertz CT molecular complexity index is 784. The number of carbonyl (C=O) groups is 3. The van der Waals surface area contributed by atoms with Gasteiger partial charge in [0.15, 0.2) is 11.6 Å². The molecule has 0 aromatic rings. The molecule has 0 heterocycles. The van der Waals surface area contributed by atoms with Crippen LogP contribution in [-0.4, -0.2) is 35.4 Å². The Labute approximate surface area is 173 Å². The predicted molar refractivity (Wildman–Crippen MR) is 108 cm³/mol. The minimum Gasteiger partial charge on any atom is -0.462 e. The van der Waals surface area contributed by atoms with Gasteiger partial charge < -0.3 is 9.84 Å². The lowest BCUT2D eigenvalue weighted by Crippen LogP contribution is -2.64. The van der Waals surface area contributed by atoms with Crippen molar-refractivity contribution in [1.82, 2.24) is 0 Å². The predicted octanol–water partition coefficient (Wildman–Crippen LogP) is 3.63. The van der Waals surface area contributed by atoms with Crippen molar-refractivity contribution in [3.63, 3.8) is 0 Å². The van der Waals surface area contributed by atoms with E-state index in [2.05, 4.69) is 20.8 Å². The molecule has 0 radical (unpaired) electrons. The van der Waals surface area contributed by atoms with Gasteiger partial charge >= 0.3 is 5.97 Å². The molecule has 0 bridgehead atoms. The largest absolute Gasteiger partial charge is 0.462 e. The Morgan fingerprint density at radius 1 is 1.14 bits per heavy atom. The number of ether oxygens (including phenoxy) is 1. The molecule has 0 aliphatic heterocycles. The third-order valence-corrected chi connectivity index (χ3v) is 9.64. The van der Waals surface area contributed by atoms with E-state index in [1.807, 2.05) is 6.08 Å². The fraction of sp³-hybridized carbons (Fsp3) is 0.792. The van der Waals surface area contributed by atoms with E-state index in [0.29, 0.717) is 24.7 Å². The summed E-state index contributed by atoms with van der Waals surface area (Å²) >= 11 is 0. The van der Waals surface area contributed by atoms with Crippen LogP contribution in [0.2, 0.25) is 0 Å². The fourth-order valence-electron chi connectivity index (χ4n) is 7.99. The number of Topliss-reactive ketones (excluding diaryl/α,β-unsaturated/α-hetero) is 1. The zero-order chi connectivity index (χ0) is 21.2. The van der Waals surface area contributed by atoms with Gasteiger partial charge in [-0.25, -0.2) is 0 Å². The first-order valence-corrected chi connectivity index (χ1v) is 11.1. The molecule has 1 N–H and O–H groups in total. The molecule has 160 valence electrons. The molecule has 29 heavy (non-hydrogen) atoms. The molecule has 7 atom stereocenters. The maximum atomic E-state index is 12.6. The van der Waals surface area contributed by atoms with E-state index in [9.17, 15) is 19.5 Å². The van der Waals surface area contributed by atoms with Crippen molar-refractivity contribution < 1.29 is 24.2 Å². The Balaban J connectivity index is 1.82. The molecule has 5 nitrogen and oxygen atoms in total. The maximum Gasteiger partial charge on any atom is 0.302 e. The van der Waals surface area contributed by atoms with Crippen LogP contribution in [0.15, 0.2) is 11.6 Å². The number of hydrogen-bond acceptors (Lipinski definition) is 5. The highest BCUT2D eigenvalue weighted by Gasteiger charge is 2.69. The molecular formula is C24H34O5. The molecule has 0 saturated heterocycles. The first-order valence-electron chi connectivity index (χ1n) is 11.1. The fourth-order valence-corrected chi connectivity index (χ4v) is 7.99. The van der Waals surface area contributed by atoms with Gasteiger partial charge in [0.2, 0.25) is 0 Å². The number of fused-ring (bicyclic) bond motifs is 5. The SMILES string of the molecule is CC(=O)O[C@H]1C[C@]2(C)[C@@H](C(=O)CO)CC[C@H]2[C@@H]2CCC3=CC(=O)CC[C@]3(C)[C@@]12C. The van der Waals surface area contributed by atoms with Crippen molar-refractivity contribution >= 4 is 17.5 Å². The maximum absolute atomic E-state index is 12.6. The molecule has 4 rings (SSSR count). The van der Waals surface area contributed by atoms with E-state index in [-0.39, 0.29) is 45.8 Å². The van der Waals surface area contributed by atoms with Crippen LogP contribution in [0.1, 0.15) is 72.6 Å². The topological polar surface area (TPSA) is 80.7 Å². The minimum atomic E-state index is -0.417. The lowest BCUT2D eigenvalue weighted by molar-refractivity contribution is -0.209. The Morgan fingerprint density at radius 3 is 2.52 bits per heavy atom. The van der Waals surface area contributed by atoms with Crippen LogP contribution in [-0.2, 0) is 19.1 Å². The number of carbonyl (C=O) groups excluding carboxylic acids is 3. The highest BCUT2D eigenvalue weighted by Crippen LogP contribution is 2.72. The van der Waals surface area contributed by atoms with Crippen LogP contribution >= 0.6 is 0 Å². The Kier molecular flexibility index (Phi) is 4.84. The molecule has 4 aliphatic rings. The van der Waals surface area contributed by atoms with E-state index < -0.39 is 6.61 Å². The van der Waals surface area contributed by atoms with Gasteiger partial charge in [0, 0.05) is 24.7 Å². The monoisotopic (exact) mass is 402 g/mol. The molecule has 3 fully saturated rings. The van der Waals surface area contributed by atoms with E-state index in [1.165, 1.54) is 12.5 Å². The highest BCUT2D eigenvalue weighted by atomic mass is 16.5. The second-order valence-corrected chi connectivity index (χ2v) is 10.6. The van der Waals surface area contributed by atoms with Crippen LogP contribution in [0.4, 0.5) is 0 Å². The standard InChI is InChI=1S/C24H34O5/c1-14(26)29-21-12-22(2)17(7-8-19(22)20(28)13-25)18-6-5-15-11-16(27)9-10-23(15,3)24(18,21)4/h11,17-19,21,25H,5-10,12-13H2,1-4H3/t17-,18-,19+,21-,22-,23-,24+/m0/s1. The Morgan fingerprint density at radius 2 is 1.86 bits per heavy atom. The molecule has 5 heteroatoms. The van der Waals surface area contributed by atoms with Crippen LogP contribution < -0.4 is 0 Å². The number of aliphatic hydroxyl groups is 1. The average Bonchev–Trinajstić information content (AvgIpc) is 2.99. The second-order valence-electron chi connectivity index (χ2n) is 10.6. The zero-order valence-corrected chi connectivity index (χ0v) is 18.1. The van der Waals surface area contributed by atoms with E-state index in [0.717, 1.165) is 32.1 Å². The number of ketones is 2. The van der Waals surface area contributed by atoms with Crippen LogP contribution in [0.25, 0.3) is 0 Å². The number of aliphatic hydroxyl groups excluding tert-OH is 1. The number of hydrogen-bond donors (Lipinski definition) is 1. The smallest absolute Gasteiger partial charge is 0.302 e. The summed E-state index contributed by atoms with van der Waals surface area (Å²) in [6.45, 7) is 7.76. The first-order chi connectivity index (χ1) is 13.6. The molecule has 0 aromatic heterocycles. The third-order valence-electron chi connectivity index (χ3n) is 9.64. The molecule has 4 aliphatic carbocycles. The van der Waals surface area contributed by atoms with Crippen molar-refractivity contribution in [2.45, 2.75) is 78.7 Å². The zero-order valence-electron chi connectivity index (χ0n) is 18.1. The summed E-state index contributed by atoms with van der Waals surface area (Å²) in [5, 5.41) is 9.54. The van der Waals surface area contributed by atoms with Crippen molar-refractivity contribution in [3.05, 3.63) is 11.6 Å². The van der Waals surface area contributed by atoms with Gasteiger partial charge in [0.1, 0.15) is 12.7 Å². The van der Waals surface area contributed by atoms with Gasteiger partial charge in [-0.1, -0.05) is 26.3 Å². The lowest BCUT2D eigenvalue weighted by atomic mass is 9.39. The molecule has 3 saturated carbocycles. The first kappa shape index (κ1) is 20.8. The van der Waals surface area contributed by atoms with Crippen LogP contribution in [0.5, 0.6) is 0 Å². The average molecular weight is 403 g/mol. The van der Waals surface area contributed by atoms with Gasteiger partial charge in [0.25, 0.3) is 0 Å². The summed E-state index contributed by atoms with van der Waals surface area (Å²) in [6, 6.07) is 0. The van der Waals surface area contributed by atoms with Gasteiger partial charge in [-0.2, -0.15) is 0 Å². The summed E-state index contributed by atoms with van der Waals surface area (Å²) in [4.78, 5) is 36.8. The van der Waals surface area contributed by atoms with Crippen LogP contribution in [0.3, 0.4) is 0 Å². The quantitative estimate of drug-likeness (QED) is 0.729. The van der Waals surface area contributed by atoms with Crippen molar-refractivity contribution in [3.8, 4) is 0 Å². The number of esters is 1. The van der Waals surface area contributed by atoms with Crippen molar-refractivity contribution in [1.29, 1.82) is 0 Å². The molecular weight excluding hydrogens is 368 g/mol. The lowest BCUT2D eigenvalue weighted by Gasteiger charge is -2.66. The van der Waals surface area contributed by atoms with Crippen LogP contribution in [0, 0.1) is 34.0 Å². The second kappa shape index (κ2) is 6.76. The highest BCUT2D eigenvalue weighted by molar-refractivity contribution is 5.91. The summed E-state index contributed by atoms with van der Waals surface area (Å²) in [5.74, 6) is 0.377. The van der Waals surface area contributed by atoms with Gasteiger partial charge in [-0.3, -0.25) is 14.4 Å². The molecule has 0 amide bonds. The van der Waals surface area contributed by atoms with Crippen molar-refractivity contribution in [2.75, 3.05) is 6.61 Å². The van der Waals surface area contributed by atoms with Gasteiger partial charge in [0.05, 0.1) is 0 Å². The molecule has 0 unspecified atom stereocenters. The van der Waals surface area contributed by atoms with Gasteiger partial charge in [-0.05, 0) is 67.3 Å². The number of allylic oxidation sites excluding steroid dienone is 1. The number of rotatable bonds is 3. The van der Waals surface area contributed by atoms with Crippen molar-refractivity contribution in [2.24, 2.45) is 34.0 Å². The van der Waals surface area contributed by atoms with E-state index >= 15 is 0 Å². The summed E-state index contributed by atoms with van der Waals surface area (Å²) in [7, 11) is 0. The summed E-state index contributed by atoms with van der Waals surface area (Å²) < 4.78 is 6.01. The Hall–Kier alpha value is -1.49. The summed E-state index contributed by atoms with van der Waals surface area (Å²) in [6.07, 6.45) is 7.21. The van der Waals surface area contributed by atoms with Gasteiger partial charge in [-0.15, -0.1) is 0 Å².